The Morgan fingerprint density at radius 1 is 0.947 bits per heavy atom. The maximum Gasteiger partial charge on any atom is 0.434 e. The smallest absolute Gasteiger partial charge is 0.358 e. The van der Waals surface area contributed by atoms with Gasteiger partial charge < -0.3 is 9.55 Å². The number of nitrogens with zero attached hydrogens (tertiary/aromatic N) is 6. The van der Waals surface area contributed by atoms with Crippen molar-refractivity contribution in [3.63, 3.8) is 0 Å². The van der Waals surface area contributed by atoms with E-state index in [9.17, 15) is 13.2 Å². The van der Waals surface area contributed by atoms with E-state index in [1.807, 2.05) is 24.5 Å². The van der Waals surface area contributed by atoms with Gasteiger partial charge in [0.25, 0.3) is 0 Å². The highest BCUT2D eigenvalue weighted by atomic mass is 19.4. The lowest BCUT2D eigenvalue weighted by atomic mass is 10.0. The SMILES string of the molecule is Cn1cc(C(F)(F)F)nc1-c1ccc(Cc2c[nH]c3cnc(-c4c(C5CC5)ncnc4C4CC4)nc23)cc1. The summed E-state index contributed by atoms with van der Waals surface area (Å²) in [6, 6.07) is 7.44. The van der Waals surface area contributed by atoms with Crippen LogP contribution < -0.4 is 0 Å². The molecule has 0 atom stereocenters. The van der Waals surface area contributed by atoms with Gasteiger partial charge >= 0.3 is 6.18 Å². The third-order valence-electron chi connectivity index (χ3n) is 7.33. The summed E-state index contributed by atoms with van der Waals surface area (Å²) in [6.07, 6.45) is 7.14. The topological polar surface area (TPSA) is 85.2 Å². The number of imidazole rings is 1. The number of aromatic amines is 1. The predicted molar refractivity (Wildman–Crippen MR) is 135 cm³/mol. The molecule has 2 aliphatic carbocycles. The highest BCUT2D eigenvalue weighted by Gasteiger charge is 2.36. The molecule has 0 spiro atoms. The van der Waals surface area contributed by atoms with E-state index in [0.29, 0.717) is 29.6 Å². The number of nitrogens with one attached hydrogen (secondary N) is 1. The van der Waals surface area contributed by atoms with E-state index < -0.39 is 11.9 Å². The standard InChI is InChI=1S/C28H24F3N7/c1-38-13-21(28(29,30)31)36-27(38)18-4-2-15(3-5-18)10-19-11-32-20-12-33-26(37-23(19)20)22-24(16-6-7-16)34-14-35-25(22)17-8-9-17/h2-5,11-14,16-17,32H,6-10H2,1H3. The minimum atomic E-state index is -4.48. The quantitative estimate of drug-likeness (QED) is 0.292. The molecule has 2 saturated carbocycles. The summed E-state index contributed by atoms with van der Waals surface area (Å²) in [5.74, 6) is 1.87. The van der Waals surface area contributed by atoms with Crippen LogP contribution in [0.25, 0.3) is 33.8 Å². The monoisotopic (exact) mass is 515 g/mol. The Hall–Kier alpha value is -4.08. The molecule has 0 unspecified atom stereocenters. The van der Waals surface area contributed by atoms with E-state index in [0.717, 1.165) is 71.0 Å². The fraction of sp³-hybridized carbons (Fsp3) is 0.321. The van der Waals surface area contributed by atoms with E-state index in [2.05, 4.69) is 19.9 Å². The lowest BCUT2D eigenvalue weighted by Gasteiger charge is -2.11. The lowest BCUT2D eigenvalue weighted by Crippen LogP contribution is -2.04. The lowest BCUT2D eigenvalue weighted by molar-refractivity contribution is -0.140. The van der Waals surface area contributed by atoms with Crippen LogP contribution in [0.1, 0.15) is 65.7 Å². The van der Waals surface area contributed by atoms with Crippen LogP contribution in [0.15, 0.2) is 49.2 Å². The van der Waals surface area contributed by atoms with Gasteiger partial charge in [0, 0.05) is 48.8 Å². The van der Waals surface area contributed by atoms with Gasteiger partial charge in [-0.1, -0.05) is 24.3 Å². The second-order valence-electron chi connectivity index (χ2n) is 10.3. The average Bonchev–Trinajstić information content (AvgIpc) is 3.84. The van der Waals surface area contributed by atoms with Gasteiger partial charge in [0.1, 0.15) is 12.2 Å². The van der Waals surface area contributed by atoms with E-state index >= 15 is 0 Å². The van der Waals surface area contributed by atoms with E-state index in [4.69, 9.17) is 9.97 Å². The largest absolute Gasteiger partial charge is 0.434 e. The first kappa shape index (κ1) is 23.1. The first-order chi connectivity index (χ1) is 18.3. The van der Waals surface area contributed by atoms with Crippen LogP contribution in [0.2, 0.25) is 0 Å². The minimum Gasteiger partial charge on any atom is -0.358 e. The minimum absolute atomic E-state index is 0.274. The average molecular weight is 516 g/mol. The summed E-state index contributed by atoms with van der Waals surface area (Å²) >= 11 is 0. The molecule has 4 aromatic heterocycles. The number of aryl methyl sites for hydroxylation is 1. The first-order valence-electron chi connectivity index (χ1n) is 12.7. The fourth-order valence-corrected chi connectivity index (χ4v) is 5.06. The Bertz CT molecular complexity index is 1630. The molecule has 0 aliphatic heterocycles. The predicted octanol–water partition coefficient (Wildman–Crippen LogP) is 6.18. The van der Waals surface area contributed by atoms with Crippen molar-refractivity contribution in [1.29, 1.82) is 0 Å². The van der Waals surface area contributed by atoms with Gasteiger partial charge in [-0.05, 0) is 31.2 Å². The Kier molecular flexibility index (Phi) is 5.14. The number of hydrogen-bond acceptors (Lipinski definition) is 5. The maximum absolute atomic E-state index is 13.1. The molecule has 4 heterocycles. The van der Waals surface area contributed by atoms with Crippen molar-refractivity contribution < 1.29 is 13.2 Å². The van der Waals surface area contributed by atoms with Crippen molar-refractivity contribution in [3.8, 4) is 22.8 Å². The second kappa shape index (κ2) is 8.47. The molecule has 0 amide bonds. The number of alkyl halides is 3. The number of hydrogen-bond donors (Lipinski definition) is 1. The molecule has 192 valence electrons. The van der Waals surface area contributed by atoms with Crippen LogP contribution in [0.3, 0.4) is 0 Å². The zero-order valence-electron chi connectivity index (χ0n) is 20.6. The van der Waals surface area contributed by atoms with Crippen LogP contribution in [0.4, 0.5) is 13.2 Å². The fourth-order valence-electron chi connectivity index (χ4n) is 5.06. The molecule has 0 bridgehead atoms. The normalized spacial score (nSPS) is 15.9. The van der Waals surface area contributed by atoms with Gasteiger partial charge in [0.05, 0.1) is 34.2 Å². The summed E-state index contributed by atoms with van der Waals surface area (Å²) in [5.41, 5.74) is 6.60. The van der Waals surface area contributed by atoms with Crippen LogP contribution >= 0.6 is 0 Å². The summed E-state index contributed by atoms with van der Waals surface area (Å²) in [6.45, 7) is 0. The highest BCUT2D eigenvalue weighted by molar-refractivity contribution is 5.81. The molecule has 1 N–H and O–H groups in total. The summed E-state index contributed by atoms with van der Waals surface area (Å²) in [5, 5.41) is 0. The van der Waals surface area contributed by atoms with Gasteiger partial charge in [-0.3, -0.25) is 0 Å². The van der Waals surface area contributed by atoms with Crippen LogP contribution in [-0.4, -0.2) is 34.5 Å². The Morgan fingerprint density at radius 2 is 1.63 bits per heavy atom. The van der Waals surface area contributed by atoms with Crippen molar-refractivity contribution in [3.05, 3.63) is 77.4 Å². The van der Waals surface area contributed by atoms with Crippen molar-refractivity contribution in [1.82, 2.24) is 34.5 Å². The summed E-state index contributed by atoms with van der Waals surface area (Å²) in [4.78, 5) is 26.0. The molecule has 7 nitrogen and oxygen atoms in total. The molecule has 38 heavy (non-hydrogen) atoms. The number of aromatic nitrogens is 7. The molecular weight excluding hydrogens is 491 g/mol. The molecule has 7 rings (SSSR count). The molecular formula is C28H24F3N7. The third-order valence-corrected chi connectivity index (χ3v) is 7.33. The molecule has 10 heteroatoms. The van der Waals surface area contributed by atoms with E-state index in [1.54, 1.807) is 25.5 Å². The van der Waals surface area contributed by atoms with Crippen LogP contribution in [0.5, 0.6) is 0 Å². The Labute approximate surface area is 216 Å². The van der Waals surface area contributed by atoms with E-state index in [-0.39, 0.29) is 5.82 Å². The number of fused-ring (bicyclic) bond motifs is 1. The molecule has 0 radical (unpaired) electrons. The number of benzene rings is 1. The Balaban J connectivity index is 1.20. The third kappa shape index (κ3) is 4.13. The molecule has 1 aromatic carbocycles. The van der Waals surface area contributed by atoms with Crippen molar-refractivity contribution in [2.24, 2.45) is 7.05 Å². The van der Waals surface area contributed by atoms with E-state index in [1.165, 1.54) is 4.57 Å². The molecule has 0 saturated heterocycles. The van der Waals surface area contributed by atoms with Gasteiger partial charge in [-0.15, -0.1) is 0 Å². The number of rotatable bonds is 6. The zero-order chi connectivity index (χ0) is 26.0. The summed E-state index contributed by atoms with van der Waals surface area (Å²) < 4.78 is 40.6. The first-order valence-corrected chi connectivity index (χ1v) is 12.7. The second-order valence-corrected chi connectivity index (χ2v) is 10.3. The van der Waals surface area contributed by atoms with Crippen LogP contribution in [-0.2, 0) is 19.6 Å². The van der Waals surface area contributed by atoms with Crippen molar-refractivity contribution in [2.75, 3.05) is 0 Å². The molecule has 5 aromatic rings. The Morgan fingerprint density at radius 3 is 2.24 bits per heavy atom. The van der Waals surface area contributed by atoms with Gasteiger partial charge in [0.15, 0.2) is 11.5 Å². The van der Waals surface area contributed by atoms with Gasteiger partial charge in [-0.2, -0.15) is 13.2 Å². The summed E-state index contributed by atoms with van der Waals surface area (Å²) in [7, 11) is 1.57. The van der Waals surface area contributed by atoms with Gasteiger partial charge in [-0.25, -0.2) is 24.9 Å². The maximum atomic E-state index is 13.1. The molecule has 2 aliphatic rings. The van der Waals surface area contributed by atoms with Gasteiger partial charge in [0.2, 0.25) is 0 Å². The highest BCUT2D eigenvalue weighted by Crippen LogP contribution is 2.48. The number of H-pyrrole nitrogens is 1. The van der Waals surface area contributed by atoms with Crippen molar-refractivity contribution in [2.45, 2.75) is 50.1 Å². The zero-order valence-corrected chi connectivity index (χ0v) is 20.6. The number of halogens is 3. The van der Waals surface area contributed by atoms with Crippen LogP contribution in [0, 0.1) is 0 Å². The molecule has 2 fully saturated rings. The van der Waals surface area contributed by atoms with Crippen molar-refractivity contribution >= 4 is 11.0 Å².